The molecule has 230 valence electrons. The lowest BCUT2D eigenvalue weighted by molar-refractivity contribution is 0.669. The topological polar surface area (TPSA) is 29.3 Å². The van der Waals surface area contributed by atoms with Crippen molar-refractivity contribution in [2.75, 3.05) is 4.90 Å². The van der Waals surface area contributed by atoms with Gasteiger partial charge in [0, 0.05) is 38.8 Å². The van der Waals surface area contributed by atoms with E-state index in [-0.39, 0.29) is 0 Å². The molecule has 0 atom stereocenters. The molecule has 0 bridgehead atoms. The second-order valence-electron chi connectivity index (χ2n) is 12.4. The summed E-state index contributed by atoms with van der Waals surface area (Å²) in [5, 5.41) is 8.20. The number of hydrogen-bond donors (Lipinski definition) is 0. The minimum absolute atomic E-state index is 0.898. The summed E-state index contributed by atoms with van der Waals surface area (Å²) in [5.41, 5.74) is 9.56. The van der Waals surface area contributed by atoms with Crippen molar-refractivity contribution >= 4 is 82.1 Å². The van der Waals surface area contributed by atoms with Crippen molar-refractivity contribution in [2.45, 2.75) is 0 Å². The molecule has 0 radical (unpaired) electrons. The lowest BCUT2D eigenvalue weighted by Gasteiger charge is -2.26. The number of para-hydroxylation sites is 2. The summed E-state index contributed by atoms with van der Waals surface area (Å²) in [4.78, 5) is 7.43. The Morgan fingerprint density at radius 1 is 0.469 bits per heavy atom. The molecule has 0 unspecified atom stereocenters. The van der Waals surface area contributed by atoms with Gasteiger partial charge in [-0.15, -0.1) is 11.3 Å². The normalized spacial score (nSPS) is 11.7. The van der Waals surface area contributed by atoms with E-state index in [0.717, 1.165) is 66.2 Å². The van der Waals surface area contributed by atoms with Crippen LogP contribution in [0.1, 0.15) is 0 Å². The SMILES string of the molecule is c1ccc(-c2nc3ccc4ccc5ccc(N(c6ccccc6)c6cccc(-c7cccc8oc9ccccc9c78)c6)cc5c4c3s2)cc1. The summed E-state index contributed by atoms with van der Waals surface area (Å²) in [7, 11) is 0. The third-order valence-corrected chi connectivity index (χ3v) is 10.6. The molecule has 2 aromatic heterocycles. The zero-order valence-electron chi connectivity index (χ0n) is 26.4. The number of thiazole rings is 1. The van der Waals surface area contributed by atoms with E-state index in [0.29, 0.717) is 0 Å². The van der Waals surface area contributed by atoms with Gasteiger partial charge in [-0.3, -0.25) is 0 Å². The monoisotopic (exact) mass is 644 g/mol. The van der Waals surface area contributed by atoms with Gasteiger partial charge < -0.3 is 9.32 Å². The maximum Gasteiger partial charge on any atom is 0.136 e. The number of hydrogen-bond acceptors (Lipinski definition) is 4. The molecule has 2 heterocycles. The summed E-state index contributed by atoms with van der Waals surface area (Å²) >= 11 is 1.77. The van der Waals surface area contributed by atoms with Crippen LogP contribution in [0.3, 0.4) is 0 Å². The zero-order chi connectivity index (χ0) is 32.3. The molecule has 0 saturated heterocycles. The van der Waals surface area contributed by atoms with Crippen molar-refractivity contribution in [1.82, 2.24) is 4.98 Å². The summed E-state index contributed by atoms with van der Waals surface area (Å²) in [5.74, 6) is 0. The van der Waals surface area contributed by atoms with E-state index < -0.39 is 0 Å². The largest absolute Gasteiger partial charge is 0.456 e. The predicted molar refractivity (Wildman–Crippen MR) is 207 cm³/mol. The Morgan fingerprint density at radius 2 is 1.14 bits per heavy atom. The smallest absolute Gasteiger partial charge is 0.136 e. The third-order valence-electron chi connectivity index (χ3n) is 9.45. The first kappa shape index (κ1) is 27.8. The first-order valence-corrected chi connectivity index (χ1v) is 17.3. The van der Waals surface area contributed by atoms with Crippen LogP contribution >= 0.6 is 11.3 Å². The fraction of sp³-hybridized carbons (Fsp3) is 0. The molecule has 0 saturated carbocycles. The summed E-state index contributed by atoms with van der Waals surface area (Å²) in [6.07, 6.45) is 0. The van der Waals surface area contributed by atoms with Crippen LogP contribution in [0.2, 0.25) is 0 Å². The van der Waals surface area contributed by atoms with Gasteiger partial charge in [-0.2, -0.15) is 0 Å². The van der Waals surface area contributed by atoms with E-state index in [1.165, 1.54) is 26.2 Å². The van der Waals surface area contributed by atoms with Gasteiger partial charge in [-0.05, 0) is 81.9 Å². The Kier molecular flexibility index (Phi) is 6.36. The van der Waals surface area contributed by atoms with Crippen LogP contribution in [0.4, 0.5) is 17.1 Å². The minimum Gasteiger partial charge on any atom is -0.456 e. The van der Waals surface area contributed by atoms with Gasteiger partial charge in [0.15, 0.2) is 0 Å². The average Bonchev–Trinajstić information content (AvgIpc) is 3.78. The summed E-state index contributed by atoms with van der Waals surface area (Å²) in [6.45, 7) is 0. The van der Waals surface area contributed by atoms with Crippen LogP contribution in [0.15, 0.2) is 174 Å². The Balaban J connectivity index is 1.18. The van der Waals surface area contributed by atoms with Gasteiger partial charge in [0.05, 0.1) is 10.2 Å². The number of benzene rings is 8. The van der Waals surface area contributed by atoms with Crippen molar-refractivity contribution in [2.24, 2.45) is 0 Å². The second-order valence-corrected chi connectivity index (χ2v) is 13.4. The lowest BCUT2D eigenvalue weighted by Crippen LogP contribution is -2.09. The van der Waals surface area contributed by atoms with Gasteiger partial charge in [0.25, 0.3) is 0 Å². The number of anilines is 3. The van der Waals surface area contributed by atoms with Crippen LogP contribution in [-0.2, 0) is 0 Å². The highest BCUT2D eigenvalue weighted by Crippen LogP contribution is 2.43. The van der Waals surface area contributed by atoms with Crippen molar-refractivity contribution in [3.63, 3.8) is 0 Å². The molecule has 10 rings (SSSR count). The molecule has 0 fully saturated rings. The molecular formula is C45H28N2OS. The predicted octanol–water partition coefficient (Wildman–Crippen LogP) is 13.3. The fourth-order valence-electron chi connectivity index (χ4n) is 7.20. The number of furan rings is 1. The van der Waals surface area contributed by atoms with Crippen LogP contribution in [0.5, 0.6) is 0 Å². The van der Waals surface area contributed by atoms with Crippen molar-refractivity contribution in [1.29, 1.82) is 0 Å². The van der Waals surface area contributed by atoms with E-state index in [2.05, 4.69) is 163 Å². The molecule has 0 amide bonds. The van der Waals surface area contributed by atoms with Crippen LogP contribution in [0, 0.1) is 0 Å². The molecule has 10 aromatic rings. The highest BCUT2D eigenvalue weighted by atomic mass is 32.1. The van der Waals surface area contributed by atoms with Gasteiger partial charge >= 0.3 is 0 Å². The average molecular weight is 645 g/mol. The van der Waals surface area contributed by atoms with Gasteiger partial charge in [-0.25, -0.2) is 4.98 Å². The van der Waals surface area contributed by atoms with E-state index >= 15 is 0 Å². The summed E-state index contributed by atoms with van der Waals surface area (Å²) < 4.78 is 7.47. The molecule has 0 N–H and O–H groups in total. The molecule has 0 aliphatic carbocycles. The Morgan fingerprint density at radius 3 is 2.04 bits per heavy atom. The maximum atomic E-state index is 6.25. The first-order valence-electron chi connectivity index (χ1n) is 16.5. The molecule has 3 nitrogen and oxygen atoms in total. The maximum absolute atomic E-state index is 6.25. The van der Waals surface area contributed by atoms with E-state index in [1.54, 1.807) is 11.3 Å². The lowest BCUT2D eigenvalue weighted by atomic mass is 9.98. The highest BCUT2D eigenvalue weighted by Gasteiger charge is 2.18. The quantitative estimate of drug-likeness (QED) is 0.175. The van der Waals surface area contributed by atoms with E-state index in [4.69, 9.17) is 9.40 Å². The van der Waals surface area contributed by atoms with Gasteiger partial charge in [0.1, 0.15) is 16.2 Å². The Labute approximate surface area is 286 Å². The number of fused-ring (bicyclic) bond motifs is 8. The number of aromatic nitrogens is 1. The molecule has 8 aromatic carbocycles. The number of rotatable bonds is 5. The fourth-order valence-corrected chi connectivity index (χ4v) is 8.34. The van der Waals surface area contributed by atoms with Crippen LogP contribution in [-0.4, -0.2) is 4.98 Å². The minimum atomic E-state index is 0.898. The van der Waals surface area contributed by atoms with E-state index in [9.17, 15) is 0 Å². The van der Waals surface area contributed by atoms with Crippen molar-refractivity contribution in [3.8, 4) is 21.7 Å². The van der Waals surface area contributed by atoms with Crippen molar-refractivity contribution < 1.29 is 4.42 Å². The second kappa shape index (κ2) is 11.2. The molecule has 0 spiro atoms. The molecule has 4 heteroatoms. The van der Waals surface area contributed by atoms with E-state index in [1.807, 2.05) is 12.1 Å². The third kappa shape index (κ3) is 4.61. The zero-order valence-corrected chi connectivity index (χ0v) is 27.2. The van der Waals surface area contributed by atoms with Crippen LogP contribution < -0.4 is 4.90 Å². The molecular weight excluding hydrogens is 617 g/mol. The summed E-state index contributed by atoms with van der Waals surface area (Å²) in [6, 6.07) is 60.2. The van der Waals surface area contributed by atoms with Gasteiger partial charge in [0.2, 0.25) is 0 Å². The molecule has 49 heavy (non-hydrogen) atoms. The number of nitrogens with zero attached hydrogens (tertiary/aromatic N) is 2. The Bertz CT molecular complexity index is 2840. The highest BCUT2D eigenvalue weighted by molar-refractivity contribution is 7.22. The molecule has 0 aliphatic heterocycles. The van der Waals surface area contributed by atoms with Gasteiger partial charge in [-0.1, -0.05) is 115 Å². The first-order chi connectivity index (χ1) is 24.3. The molecule has 0 aliphatic rings. The Hall–Kier alpha value is -6.23. The standard InChI is InChI=1S/C45H28N2OS/c1-3-11-31(12-4-1)45-46-39-26-24-30-22-21-29-23-25-35(28-38(29)42(30)44(39)49-45)47(33-14-5-2-6-15-33)34-16-9-13-32(27-34)36-18-10-20-41-43(36)37-17-7-8-19-40(37)48-41/h1-28H. The van der Waals surface area contributed by atoms with Crippen LogP contribution in [0.25, 0.3) is 75.4 Å². The van der Waals surface area contributed by atoms with Crippen molar-refractivity contribution in [3.05, 3.63) is 170 Å².